The largest absolute Gasteiger partial charge is 0.393 e. The molecule has 3 nitrogen and oxygen atoms in total. The zero-order chi connectivity index (χ0) is 9.97. The van der Waals surface area contributed by atoms with Gasteiger partial charge in [-0.25, -0.2) is 0 Å². The van der Waals surface area contributed by atoms with Gasteiger partial charge in [-0.05, 0) is 25.3 Å². The van der Waals surface area contributed by atoms with E-state index in [1.54, 1.807) is 0 Å². The van der Waals surface area contributed by atoms with Gasteiger partial charge >= 0.3 is 0 Å². The molecule has 0 bridgehead atoms. The van der Waals surface area contributed by atoms with Crippen LogP contribution in [0.2, 0.25) is 0 Å². The minimum Gasteiger partial charge on any atom is -0.393 e. The van der Waals surface area contributed by atoms with Crippen molar-refractivity contribution in [3.63, 3.8) is 0 Å². The van der Waals surface area contributed by atoms with Gasteiger partial charge in [-0.3, -0.25) is 0 Å². The Hall–Kier alpha value is -0.120. The number of hydrogen-bond acceptors (Lipinski definition) is 3. The van der Waals surface area contributed by atoms with E-state index in [0.717, 1.165) is 38.5 Å². The third kappa shape index (κ3) is 2.10. The van der Waals surface area contributed by atoms with Gasteiger partial charge in [0.05, 0.1) is 6.10 Å². The van der Waals surface area contributed by atoms with Gasteiger partial charge in [0.25, 0.3) is 0 Å². The van der Waals surface area contributed by atoms with Gasteiger partial charge in [0.15, 0.2) is 0 Å². The first-order valence-electron chi connectivity index (χ1n) is 5.92. The number of nitrogens with zero attached hydrogens (tertiary/aromatic N) is 1. The molecule has 0 aromatic carbocycles. The Balaban J connectivity index is 1.72. The molecule has 1 heterocycles. The Morgan fingerprint density at radius 1 is 1.36 bits per heavy atom. The summed E-state index contributed by atoms with van der Waals surface area (Å²) in [7, 11) is 0. The summed E-state index contributed by atoms with van der Waals surface area (Å²) < 4.78 is 0. The van der Waals surface area contributed by atoms with E-state index < -0.39 is 0 Å². The van der Waals surface area contributed by atoms with E-state index in [9.17, 15) is 5.11 Å². The van der Waals surface area contributed by atoms with Gasteiger partial charge in [0.2, 0.25) is 0 Å². The zero-order valence-corrected chi connectivity index (χ0v) is 9.08. The molecule has 82 valence electrons. The fraction of sp³-hybridized carbons (Fsp3) is 1.00. The number of fused-ring (bicyclic) bond motifs is 1. The summed E-state index contributed by atoms with van der Waals surface area (Å²) in [5.41, 5.74) is 0. The van der Waals surface area contributed by atoms with Crippen LogP contribution in [0.25, 0.3) is 0 Å². The van der Waals surface area contributed by atoms with E-state index >= 15 is 0 Å². The van der Waals surface area contributed by atoms with Crippen molar-refractivity contribution in [2.24, 2.45) is 11.8 Å². The van der Waals surface area contributed by atoms with Crippen LogP contribution in [0.3, 0.4) is 0 Å². The Morgan fingerprint density at radius 3 is 2.93 bits per heavy atom. The van der Waals surface area contributed by atoms with Crippen molar-refractivity contribution in [3.8, 4) is 0 Å². The molecule has 1 aliphatic carbocycles. The smallest absolute Gasteiger partial charge is 0.0583 e. The maximum Gasteiger partial charge on any atom is 0.0583 e. The van der Waals surface area contributed by atoms with Crippen LogP contribution in [-0.4, -0.2) is 48.8 Å². The Morgan fingerprint density at radius 2 is 2.21 bits per heavy atom. The van der Waals surface area contributed by atoms with E-state index in [1.165, 1.54) is 13.0 Å². The van der Waals surface area contributed by atoms with Crippen LogP contribution in [0.1, 0.15) is 19.8 Å². The van der Waals surface area contributed by atoms with Crippen molar-refractivity contribution in [1.82, 2.24) is 10.2 Å². The summed E-state index contributed by atoms with van der Waals surface area (Å²) in [5.74, 6) is 1.36. The van der Waals surface area contributed by atoms with Crippen LogP contribution in [0, 0.1) is 11.8 Å². The third-order valence-electron chi connectivity index (χ3n) is 3.75. The molecule has 3 unspecified atom stereocenters. The summed E-state index contributed by atoms with van der Waals surface area (Å²) in [6.45, 7) is 7.77. The predicted molar refractivity (Wildman–Crippen MR) is 57.2 cm³/mol. The number of likely N-dealkylation sites (N-methyl/N-ethyl adjacent to an activating group) is 1. The second-order valence-electron chi connectivity index (χ2n) is 4.68. The van der Waals surface area contributed by atoms with Crippen LogP contribution in [-0.2, 0) is 0 Å². The van der Waals surface area contributed by atoms with E-state index in [2.05, 4.69) is 17.1 Å². The summed E-state index contributed by atoms with van der Waals surface area (Å²) in [6, 6.07) is 0. The van der Waals surface area contributed by atoms with Gasteiger partial charge in [0, 0.05) is 32.1 Å². The molecule has 1 saturated heterocycles. The van der Waals surface area contributed by atoms with Crippen LogP contribution in [0.15, 0.2) is 0 Å². The number of rotatable bonds is 4. The van der Waals surface area contributed by atoms with E-state index in [4.69, 9.17) is 0 Å². The summed E-state index contributed by atoms with van der Waals surface area (Å²) in [6.07, 6.45) is 2.27. The van der Waals surface area contributed by atoms with E-state index in [1.807, 2.05) is 0 Å². The number of nitrogens with one attached hydrogen (secondary N) is 1. The molecule has 1 aliphatic heterocycles. The van der Waals surface area contributed by atoms with Crippen molar-refractivity contribution in [2.45, 2.75) is 25.9 Å². The summed E-state index contributed by atoms with van der Waals surface area (Å²) in [4.78, 5) is 2.50. The lowest BCUT2D eigenvalue weighted by Crippen LogP contribution is -2.32. The van der Waals surface area contributed by atoms with Gasteiger partial charge in [-0.15, -0.1) is 0 Å². The number of hydrogen-bond donors (Lipinski definition) is 2. The minimum atomic E-state index is -0.0101. The fourth-order valence-corrected chi connectivity index (χ4v) is 2.93. The summed E-state index contributed by atoms with van der Waals surface area (Å²) in [5, 5.41) is 13.1. The van der Waals surface area contributed by atoms with Crippen molar-refractivity contribution in [1.29, 1.82) is 0 Å². The highest BCUT2D eigenvalue weighted by atomic mass is 16.3. The van der Waals surface area contributed by atoms with Crippen molar-refractivity contribution >= 4 is 0 Å². The predicted octanol–water partition coefficient (Wildman–Crippen LogP) is 0.299. The molecule has 2 aliphatic rings. The molecule has 2 fully saturated rings. The molecule has 0 amide bonds. The highest BCUT2D eigenvalue weighted by Gasteiger charge is 2.41. The molecule has 0 aromatic rings. The molecule has 2 rings (SSSR count). The maximum absolute atomic E-state index is 9.75. The lowest BCUT2D eigenvalue weighted by atomic mass is 10.00. The molecule has 0 aromatic heterocycles. The normalized spacial score (nSPS) is 37.7. The highest BCUT2D eigenvalue weighted by molar-refractivity contribution is 4.93. The van der Waals surface area contributed by atoms with Crippen molar-refractivity contribution < 1.29 is 5.11 Å². The number of aliphatic hydroxyl groups is 1. The molecule has 0 spiro atoms. The first kappa shape index (κ1) is 10.4. The van der Waals surface area contributed by atoms with Gasteiger partial charge in [0.1, 0.15) is 0 Å². The van der Waals surface area contributed by atoms with Crippen LogP contribution in [0.5, 0.6) is 0 Å². The third-order valence-corrected chi connectivity index (χ3v) is 3.75. The van der Waals surface area contributed by atoms with Crippen molar-refractivity contribution in [2.75, 3.05) is 32.7 Å². The molecular weight excluding hydrogens is 176 g/mol. The monoisotopic (exact) mass is 198 g/mol. The maximum atomic E-state index is 9.75. The van der Waals surface area contributed by atoms with Gasteiger partial charge in [-0.2, -0.15) is 0 Å². The average Bonchev–Trinajstić information content (AvgIpc) is 2.70. The Bertz CT molecular complexity index is 186. The molecule has 0 radical (unpaired) electrons. The van der Waals surface area contributed by atoms with Crippen LogP contribution in [0.4, 0.5) is 0 Å². The molecule has 3 heteroatoms. The standard InChI is InChI=1S/C11H22N2O/c1-2-12-5-6-13-7-9-3-4-11(14)10(9)8-13/h9-12,14H,2-8H2,1H3. The number of likely N-dealkylation sites (tertiary alicyclic amines) is 1. The number of aliphatic hydroxyl groups excluding tert-OH is 1. The Kier molecular flexibility index (Phi) is 3.42. The summed E-state index contributed by atoms with van der Waals surface area (Å²) >= 11 is 0. The van der Waals surface area contributed by atoms with Crippen molar-refractivity contribution in [3.05, 3.63) is 0 Å². The minimum absolute atomic E-state index is 0.0101. The van der Waals surface area contributed by atoms with Crippen LogP contribution >= 0.6 is 0 Å². The van der Waals surface area contributed by atoms with Crippen LogP contribution < -0.4 is 5.32 Å². The highest BCUT2D eigenvalue weighted by Crippen LogP contribution is 2.37. The second-order valence-corrected chi connectivity index (χ2v) is 4.68. The molecule has 1 saturated carbocycles. The first-order valence-corrected chi connectivity index (χ1v) is 5.92. The molecule has 2 N–H and O–H groups in total. The fourth-order valence-electron chi connectivity index (χ4n) is 2.93. The molecule has 3 atom stereocenters. The van der Waals surface area contributed by atoms with E-state index in [-0.39, 0.29) is 6.10 Å². The molecule has 14 heavy (non-hydrogen) atoms. The lowest BCUT2D eigenvalue weighted by Gasteiger charge is -2.17. The quantitative estimate of drug-likeness (QED) is 0.638. The van der Waals surface area contributed by atoms with E-state index in [0.29, 0.717) is 5.92 Å². The SMILES string of the molecule is CCNCCN1CC2CCC(O)C2C1. The zero-order valence-electron chi connectivity index (χ0n) is 9.08. The van der Waals surface area contributed by atoms with Gasteiger partial charge in [-0.1, -0.05) is 6.92 Å². The topological polar surface area (TPSA) is 35.5 Å². The second kappa shape index (κ2) is 4.60. The Labute approximate surface area is 86.5 Å². The lowest BCUT2D eigenvalue weighted by molar-refractivity contribution is 0.124. The first-order chi connectivity index (χ1) is 6.81. The van der Waals surface area contributed by atoms with Gasteiger partial charge < -0.3 is 15.3 Å². The molecular formula is C11H22N2O. The average molecular weight is 198 g/mol.